The van der Waals surface area contributed by atoms with Gasteiger partial charge < -0.3 is 9.80 Å². The van der Waals surface area contributed by atoms with Crippen molar-refractivity contribution in [3.8, 4) is 12.3 Å². The molecule has 1 rings (SSSR count). The number of nitrogens with zero attached hydrogens (tertiary/aromatic N) is 2. The molecule has 0 aliphatic rings. The van der Waals surface area contributed by atoms with Gasteiger partial charge in [0, 0.05) is 32.4 Å². The summed E-state index contributed by atoms with van der Waals surface area (Å²) in [6, 6.07) is 8.00. The van der Waals surface area contributed by atoms with Gasteiger partial charge in [0.15, 0.2) is 0 Å². The molecule has 0 heterocycles. The number of anilines is 1. The third-order valence-electron chi connectivity index (χ3n) is 3.19. The lowest BCUT2D eigenvalue weighted by Crippen LogP contribution is -2.35. The van der Waals surface area contributed by atoms with E-state index in [1.807, 2.05) is 62.3 Å². The van der Waals surface area contributed by atoms with E-state index in [-0.39, 0.29) is 11.8 Å². The summed E-state index contributed by atoms with van der Waals surface area (Å²) in [7, 11) is 4.38. The lowest BCUT2D eigenvalue weighted by molar-refractivity contribution is 0.299. The Morgan fingerprint density at radius 2 is 1.76 bits per heavy atom. The number of hydrogen-bond donors (Lipinski definition) is 1. The summed E-state index contributed by atoms with van der Waals surface area (Å²) in [5, 5.41) is 0. The molecule has 0 bridgehead atoms. The second-order valence-corrected chi connectivity index (χ2v) is 7.08. The van der Waals surface area contributed by atoms with E-state index in [0.29, 0.717) is 6.54 Å². The van der Waals surface area contributed by atoms with Crippen molar-refractivity contribution in [2.75, 3.05) is 45.4 Å². The highest BCUT2D eigenvalue weighted by Crippen LogP contribution is 2.21. The highest BCUT2D eigenvalue weighted by atomic mass is 32.2. The van der Waals surface area contributed by atoms with Crippen molar-refractivity contribution in [2.24, 2.45) is 0 Å². The maximum Gasteiger partial charge on any atom is 0.222 e. The molecule has 0 aliphatic heterocycles. The number of sulfonamides is 1. The minimum absolute atomic E-state index is 0.0474. The zero-order valence-electron chi connectivity index (χ0n) is 13.0. The van der Waals surface area contributed by atoms with Crippen molar-refractivity contribution >= 4 is 15.7 Å². The van der Waals surface area contributed by atoms with E-state index < -0.39 is 10.0 Å². The van der Waals surface area contributed by atoms with E-state index >= 15 is 0 Å². The number of hydrogen-bond acceptors (Lipinski definition) is 4. The molecular weight excluding hydrogens is 286 g/mol. The first kappa shape index (κ1) is 17.5. The molecule has 21 heavy (non-hydrogen) atoms. The van der Waals surface area contributed by atoms with E-state index in [9.17, 15) is 8.42 Å². The molecule has 116 valence electrons. The van der Waals surface area contributed by atoms with Crippen LogP contribution in [0.2, 0.25) is 0 Å². The van der Waals surface area contributed by atoms with Crippen molar-refractivity contribution in [2.45, 2.75) is 6.04 Å². The largest absolute Gasteiger partial charge is 0.378 e. The van der Waals surface area contributed by atoms with Crippen molar-refractivity contribution in [1.29, 1.82) is 0 Å². The maximum absolute atomic E-state index is 11.7. The molecule has 0 saturated heterocycles. The van der Waals surface area contributed by atoms with Crippen LogP contribution in [0.1, 0.15) is 11.6 Å². The average Bonchev–Trinajstić information content (AvgIpc) is 2.38. The van der Waals surface area contributed by atoms with Crippen LogP contribution in [-0.4, -0.2) is 53.8 Å². The van der Waals surface area contributed by atoms with Crippen LogP contribution in [0.4, 0.5) is 5.69 Å². The first-order chi connectivity index (χ1) is 9.76. The minimum atomic E-state index is -3.41. The highest BCUT2D eigenvalue weighted by molar-refractivity contribution is 7.89. The minimum Gasteiger partial charge on any atom is -0.378 e. The van der Waals surface area contributed by atoms with Gasteiger partial charge >= 0.3 is 0 Å². The quantitative estimate of drug-likeness (QED) is 0.761. The Labute approximate surface area is 128 Å². The smallest absolute Gasteiger partial charge is 0.222 e. The second-order valence-electron chi connectivity index (χ2n) is 5.28. The predicted molar refractivity (Wildman–Crippen MR) is 87.8 cm³/mol. The summed E-state index contributed by atoms with van der Waals surface area (Å²) in [5.74, 6) is 1.85. The summed E-state index contributed by atoms with van der Waals surface area (Å²) in [4.78, 5) is 3.99. The van der Waals surface area contributed by atoms with Gasteiger partial charge in [-0.2, -0.15) is 0 Å². The fourth-order valence-electron chi connectivity index (χ4n) is 1.96. The lowest BCUT2D eigenvalue weighted by Gasteiger charge is -2.25. The molecule has 5 nitrogen and oxygen atoms in total. The molecule has 0 saturated carbocycles. The van der Waals surface area contributed by atoms with Gasteiger partial charge in [0.1, 0.15) is 5.75 Å². The molecule has 6 heteroatoms. The molecule has 1 aromatic rings. The Morgan fingerprint density at radius 1 is 1.19 bits per heavy atom. The van der Waals surface area contributed by atoms with Crippen LogP contribution in [0.15, 0.2) is 24.3 Å². The van der Waals surface area contributed by atoms with Crippen LogP contribution in [-0.2, 0) is 10.0 Å². The van der Waals surface area contributed by atoms with E-state index in [4.69, 9.17) is 6.42 Å². The molecule has 0 unspecified atom stereocenters. The van der Waals surface area contributed by atoms with Crippen LogP contribution in [0.5, 0.6) is 0 Å². The summed E-state index contributed by atoms with van der Waals surface area (Å²) >= 11 is 0. The number of rotatable bonds is 7. The zero-order chi connectivity index (χ0) is 16.0. The first-order valence-electron chi connectivity index (χ1n) is 6.61. The van der Waals surface area contributed by atoms with Crippen molar-refractivity contribution < 1.29 is 8.42 Å². The highest BCUT2D eigenvalue weighted by Gasteiger charge is 2.17. The van der Waals surface area contributed by atoms with Gasteiger partial charge in [0.05, 0.1) is 0 Å². The zero-order valence-corrected chi connectivity index (χ0v) is 13.8. The Kier molecular flexibility index (Phi) is 6.21. The molecule has 0 amide bonds. The topological polar surface area (TPSA) is 52.7 Å². The normalized spacial score (nSPS) is 13.0. The summed E-state index contributed by atoms with van der Waals surface area (Å²) in [6.45, 7) is 0.290. The fraction of sp³-hybridized carbons (Fsp3) is 0.467. The number of benzene rings is 1. The molecule has 0 fully saturated rings. The van der Waals surface area contributed by atoms with Gasteiger partial charge in [0.2, 0.25) is 10.0 Å². The average molecular weight is 309 g/mol. The van der Waals surface area contributed by atoms with E-state index in [1.165, 1.54) is 0 Å². The molecule has 0 aromatic heterocycles. The first-order valence-corrected chi connectivity index (χ1v) is 8.26. The molecule has 0 radical (unpaired) electrons. The van der Waals surface area contributed by atoms with Crippen molar-refractivity contribution in [3.63, 3.8) is 0 Å². The number of terminal acetylenes is 1. The standard InChI is InChI=1S/C15H23N3O2S/c1-6-11-21(19,20)16-12-15(18(4)5)13-7-9-14(10-8-13)17(2)3/h1,7-10,15-16H,11-12H2,2-5H3/t15-/m1/s1. The third kappa shape index (κ3) is 5.38. The maximum atomic E-state index is 11.7. The van der Waals surface area contributed by atoms with Crippen molar-refractivity contribution in [1.82, 2.24) is 9.62 Å². The Morgan fingerprint density at radius 3 is 2.19 bits per heavy atom. The van der Waals surface area contributed by atoms with Gasteiger partial charge in [-0.1, -0.05) is 18.1 Å². The molecule has 1 atom stereocenters. The van der Waals surface area contributed by atoms with Gasteiger partial charge in [-0.25, -0.2) is 13.1 Å². The molecule has 0 spiro atoms. The second kappa shape index (κ2) is 7.46. The number of likely N-dealkylation sites (N-methyl/N-ethyl adjacent to an activating group) is 1. The summed E-state index contributed by atoms with van der Waals surface area (Å²) in [5.41, 5.74) is 2.15. The molecule has 1 aromatic carbocycles. The molecular formula is C15H23N3O2S. The fourth-order valence-corrected chi connectivity index (χ4v) is 2.69. The number of nitrogens with one attached hydrogen (secondary N) is 1. The predicted octanol–water partition coefficient (Wildman–Crippen LogP) is 0.908. The van der Waals surface area contributed by atoms with Crippen LogP contribution in [0.3, 0.4) is 0 Å². The van der Waals surface area contributed by atoms with E-state index in [2.05, 4.69) is 10.6 Å². The third-order valence-corrected chi connectivity index (χ3v) is 4.34. The van der Waals surface area contributed by atoms with Crippen LogP contribution in [0.25, 0.3) is 0 Å². The van der Waals surface area contributed by atoms with Gasteiger partial charge in [-0.05, 0) is 31.8 Å². The van der Waals surface area contributed by atoms with E-state index in [1.54, 1.807) is 0 Å². The van der Waals surface area contributed by atoms with Gasteiger partial charge in [-0.3, -0.25) is 0 Å². The Hall–Kier alpha value is -1.55. The van der Waals surface area contributed by atoms with E-state index in [0.717, 1.165) is 11.3 Å². The van der Waals surface area contributed by atoms with Crippen LogP contribution in [0, 0.1) is 12.3 Å². The van der Waals surface area contributed by atoms with Crippen molar-refractivity contribution in [3.05, 3.63) is 29.8 Å². The van der Waals surface area contributed by atoms with Crippen LogP contribution >= 0.6 is 0 Å². The van der Waals surface area contributed by atoms with Crippen LogP contribution < -0.4 is 9.62 Å². The monoisotopic (exact) mass is 309 g/mol. The molecule has 0 aliphatic carbocycles. The molecule has 1 N–H and O–H groups in total. The summed E-state index contributed by atoms with van der Waals surface area (Å²) < 4.78 is 25.9. The van der Waals surface area contributed by atoms with Gasteiger partial charge in [0.25, 0.3) is 0 Å². The Balaban J connectivity index is 2.85. The summed E-state index contributed by atoms with van der Waals surface area (Å²) in [6.07, 6.45) is 5.05. The Bertz CT molecular complexity index is 586. The SMILES string of the molecule is C#CCS(=O)(=O)NC[C@H](c1ccc(N(C)C)cc1)N(C)C. The van der Waals surface area contributed by atoms with Gasteiger partial charge in [-0.15, -0.1) is 6.42 Å². The lowest BCUT2D eigenvalue weighted by atomic mass is 10.1.